The molecule has 0 unspecified atom stereocenters. The third kappa shape index (κ3) is 12.1. The molecule has 0 radical (unpaired) electrons. The predicted octanol–water partition coefficient (Wildman–Crippen LogP) is 8.82. The van der Waals surface area contributed by atoms with E-state index in [1.54, 1.807) is 48.5 Å². The average Bonchev–Trinajstić information content (AvgIpc) is 3.66. The number of nitrogens with one attached hydrogen (secondary N) is 2. The number of halogens is 2. The number of anilines is 1. The summed E-state index contributed by atoms with van der Waals surface area (Å²) in [5.74, 6) is -3.46. The molecule has 1 fully saturated rings. The SMILES string of the molecule is CC(C)c1c(C(=O)Nc2ccccc2)c(-c2ccccc2)c(-c2ccc(F)cc2)n1CC[C@@H](O)C[C@@H](O)CC(=O)OCC(=O)Oc1ccc([C@H]2NC(=O)[C@@H]2CC[C@H](O)c2ccc(F)cc2)cc1. The van der Waals surface area contributed by atoms with Crippen LogP contribution in [0.25, 0.3) is 22.4 Å². The zero-order valence-electron chi connectivity index (χ0n) is 37.1. The second kappa shape index (κ2) is 22.0. The van der Waals surface area contributed by atoms with Gasteiger partial charge in [0.05, 0.1) is 47.9 Å². The van der Waals surface area contributed by atoms with Crippen LogP contribution in [0, 0.1) is 17.6 Å². The first-order valence-electron chi connectivity index (χ1n) is 22.3. The number of para-hydroxylation sites is 1. The molecule has 1 aliphatic heterocycles. The molecular formula is C53H53F2N3O9. The lowest BCUT2D eigenvalue weighted by Crippen LogP contribution is -2.51. The fourth-order valence-electron chi connectivity index (χ4n) is 8.51. The second-order valence-corrected chi connectivity index (χ2v) is 17.0. The number of aliphatic hydroxyl groups excluding tert-OH is 3. The number of esters is 2. The maximum atomic E-state index is 14.3. The van der Waals surface area contributed by atoms with Crippen molar-refractivity contribution in [3.05, 3.63) is 167 Å². The van der Waals surface area contributed by atoms with Crippen molar-refractivity contribution >= 4 is 29.4 Å². The molecule has 0 bridgehead atoms. The van der Waals surface area contributed by atoms with E-state index >= 15 is 0 Å². The molecule has 14 heteroatoms. The van der Waals surface area contributed by atoms with Crippen molar-refractivity contribution in [3.63, 3.8) is 0 Å². The zero-order chi connectivity index (χ0) is 47.6. The normalized spacial score (nSPS) is 15.8. The summed E-state index contributed by atoms with van der Waals surface area (Å²) >= 11 is 0. The van der Waals surface area contributed by atoms with Crippen LogP contribution in [0.4, 0.5) is 14.5 Å². The monoisotopic (exact) mass is 913 g/mol. The van der Waals surface area contributed by atoms with Crippen LogP contribution in [-0.2, 0) is 25.7 Å². The van der Waals surface area contributed by atoms with Crippen LogP contribution in [0.5, 0.6) is 5.75 Å². The molecule has 5 N–H and O–H groups in total. The van der Waals surface area contributed by atoms with Crippen LogP contribution in [0.1, 0.15) is 91.2 Å². The lowest BCUT2D eigenvalue weighted by Gasteiger charge is -2.37. The summed E-state index contributed by atoms with van der Waals surface area (Å²) in [6.07, 6.45) is -3.15. The van der Waals surface area contributed by atoms with Crippen molar-refractivity contribution in [1.29, 1.82) is 0 Å². The molecule has 1 saturated heterocycles. The highest BCUT2D eigenvalue weighted by Gasteiger charge is 2.40. The first-order chi connectivity index (χ1) is 32.2. The number of hydrogen-bond donors (Lipinski definition) is 5. The maximum absolute atomic E-state index is 14.3. The number of nitrogens with zero attached hydrogens (tertiary/aromatic N) is 1. The van der Waals surface area contributed by atoms with Gasteiger partial charge in [0.15, 0.2) is 6.61 Å². The van der Waals surface area contributed by atoms with E-state index < -0.39 is 60.8 Å². The molecule has 5 aromatic carbocycles. The van der Waals surface area contributed by atoms with Crippen molar-refractivity contribution in [3.8, 4) is 28.1 Å². The summed E-state index contributed by atoms with van der Waals surface area (Å²) in [5.41, 5.74) is 5.77. The van der Waals surface area contributed by atoms with Crippen LogP contribution in [0.15, 0.2) is 133 Å². The molecule has 1 aliphatic rings. The largest absolute Gasteiger partial charge is 0.454 e. The number of carbonyl (C=O) groups excluding carboxylic acids is 4. The highest BCUT2D eigenvalue weighted by atomic mass is 19.1. The number of hydrogen-bond acceptors (Lipinski definition) is 9. The Kier molecular flexibility index (Phi) is 15.7. The van der Waals surface area contributed by atoms with Gasteiger partial charge in [-0.1, -0.05) is 86.6 Å². The van der Waals surface area contributed by atoms with Crippen LogP contribution >= 0.6 is 0 Å². The van der Waals surface area contributed by atoms with Crippen molar-refractivity contribution in [1.82, 2.24) is 9.88 Å². The maximum Gasteiger partial charge on any atom is 0.349 e. The van der Waals surface area contributed by atoms with Gasteiger partial charge in [-0.25, -0.2) is 13.6 Å². The molecule has 348 valence electrons. The van der Waals surface area contributed by atoms with E-state index in [-0.39, 0.29) is 48.9 Å². The van der Waals surface area contributed by atoms with E-state index in [2.05, 4.69) is 10.6 Å². The lowest BCUT2D eigenvalue weighted by atomic mass is 9.81. The van der Waals surface area contributed by atoms with E-state index in [0.29, 0.717) is 52.2 Å². The molecule has 6 aromatic rings. The number of ether oxygens (including phenoxy) is 2. The van der Waals surface area contributed by atoms with Gasteiger partial charge in [0.2, 0.25) is 5.91 Å². The smallest absolute Gasteiger partial charge is 0.349 e. The van der Waals surface area contributed by atoms with Crippen molar-refractivity contribution in [2.75, 3.05) is 11.9 Å². The molecule has 0 aliphatic carbocycles. The Balaban J connectivity index is 0.942. The highest BCUT2D eigenvalue weighted by molar-refractivity contribution is 6.12. The average molecular weight is 914 g/mol. The fourth-order valence-corrected chi connectivity index (χ4v) is 8.51. The number of rotatable bonds is 20. The predicted molar refractivity (Wildman–Crippen MR) is 248 cm³/mol. The number of aliphatic hydroxyl groups is 3. The number of β-lactam (4-membered cyclic amide) rings is 1. The quantitative estimate of drug-likeness (QED) is 0.0285. The summed E-state index contributed by atoms with van der Waals surface area (Å²) in [6, 6.07) is 36.2. The Bertz CT molecular complexity index is 2640. The lowest BCUT2D eigenvalue weighted by molar-refractivity contribution is -0.155. The summed E-state index contributed by atoms with van der Waals surface area (Å²) in [5, 5.41) is 38.5. The molecule has 7 rings (SSSR count). The molecule has 5 atom stereocenters. The molecular weight excluding hydrogens is 861 g/mol. The summed E-state index contributed by atoms with van der Waals surface area (Å²) in [6.45, 7) is 3.40. The number of benzene rings is 5. The summed E-state index contributed by atoms with van der Waals surface area (Å²) in [4.78, 5) is 52.0. The molecule has 0 saturated carbocycles. The van der Waals surface area contributed by atoms with E-state index in [1.807, 2.05) is 66.9 Å². The highest BCUT2D eigenvalue weighted by Crippen LogP contribution is 2.43. The minimum Gasteiger partial charge on any atom is -0.454 e. The number of aromatic nitrogens is 1. The molecule has 12 nitrogen and oxygen atoms in total. The molecule has 2 heterocycles. The third-order valence-corrected chi connectivity index (χ3v) is 11.8. The second-order valence-electron chi connectivity index (χ2n) is 17.0. The first kappa shape index (κ1) is 47.9. The van der Waals surface area contributed by atoms with E-state index in [1.165, 1.54) is 36.4 Å². The van der Waals surface area contributed by atoms with Gasteiger partial charge >= 0.3 is 11.9 Å². The van der Waals surface area contributed by atoms with Crippen LogP contribution in [0.3, 0.4) is 0 Å². The topological polar surface area (TPSA) is 176 Å². The number of carbonyl (C=O) groups is 4. The summed E-state index contributed by atoms with van der Waals surface area (Å²) in [7, 11) is 0. The van der Waals surface area contributed by atoms with Gasteiger partial charge in [0, 0.05) is 23.5 Å². The van der Waals surface area contributed by atoms with Gasteiger partial charge in [-0.2, -0.15) is 0 Å². The van der Waals surface area contributed by atoms with Gasteiger partial charge < -0.3 is 40.0 Å². The minimum atomic E-state index is -1.31. The first-order valence-corrected chi connectivity index (χ1v) is 22.3. The van der Waals surface area contributed by atoms with Gasteiger partial charge in [-0.15, -0.1) is 0 Å². The molecule has 0 spiro atoms. The zero-order valence-corrected chi connectivity index (χ0v) is 37.1. The Labute approximate surface area is 387 Å². The van der Waals surface area contributed by atoms with Gasteiger partial charge in [-0.3, -0.25) is 14.4 Å². The van der Waals surface area contributed by atoms with Crippen molar-refractivity contribution < 1.29 is 52.8 Å². The minimum absolute atomic E-state index is 0.113. The van der Waals surface area contributed by atoms with Gasteiger partial charge in [0.25, 0.3) is 5.91 Å². The number of amides is 2. The van der Waals surface area contributed by atoms with Gasteiger partial charge in [0.1, 0.15) is 17.4 Å². The van der Waals surface area contributed by atoms with Gasteiger partial charge in [-0.05, 0) is 115 Å². The van der Waals surface area contributed by atoms with Crippen LogP contribution in [0.2, 0.25) is 0 Å². The Morgan fingerprint density at radius 1 is 0.746 bits per heavy atom. The Morgan fingerprint density at radius 3 is 2.00 bits per heavy atom. The summed E-state index contributed by atoms with van der Waals surface area (Å²) < 4.78 is 39.9. The van der Waals surface area contributed by atoms with Crippen LogP contribution < -0.4 is 15.4 Å². The third-order valence-electron chi connectivity index (χ3n) is 11.8. The standard InChI is InChI=1S/C53H53F2N3O9/c1-32(2)50-48(53(65)56-39-11-7-4-8-12-39)47(34-9-5-3-6-10-34)51(36-15-21-38(55)22-16-36)58(50)28-27-40(59)29-41(60)30-45(62)66-31-46(63)67-42-23-17-35(18-24-42)49-43(52(64)57-49)25-26-44(61)33-13-19-37(54)20-14-33/h3-24,32,40-41,43-44,49,59-61H,25-31H2,1-2H3,(H,56,65)(H,57,64)/t40-,41-,43-,44+,49-/m1/s1. The molecule has 67 heavy (non-hydrogen) atoms. The fraction of sp³-hybridized carbons (Fsp3) is 0.283. The van der Waals surface area contributed by atoms with E-state index in [4.69, 9.17) is 9.47 Å². The van der Waals surface area contributed by atoms with E-state index in [0.717, 1.165) is 11.1 Å². The Morgan fingerprint density at radius 2 is 1.37 bits per heavy atom. The Hall–Kier alpha value is -7.00. The molecule has 2 amide bonds. The van der Waals surface area contributed by atoms with Crippen LogP contribution in [-0.4, -0.2) is 62.5 Å². The molecule has 1 aromatic heterocycles. The van der Waals surface area contributed by atoms with Crippen molar-refractivity contribution in [2.24, 2.45) is 5.92 Å². The van der Waals surface area contributed by atoms with Crippen molar-refractivity contribution in [2.45, 2.75) is 82.8 Å². The van der Waals surface area contributed by atoms with E-state index in [9.17, 15) is 43.3 Å².